The number of urea groups is 1. The molecule has 3 rings (SSSR count). The fraction of sp³-hybridized carbons (Fsp3) is 0.200. The number of halogens is 1. The van der Waals surface area contributed by atoms with Crippen molar-refractivity contribution in [2.24, 2.45) is 0 Å². The quantitative estimate of drug-likeness (QED) is 0.823. The van der Waals surface area contributed by atoms with Crippen LogP contribution in [0.15, 0.2) is 35.8 Å². The Kier molecular flexibility index (Phi) is 4.02. The van der Waals surface area contributed by atoms with Crippen LogP contribution in [0.3, 0.4) is 0 Å². The molecule has 1 saturated heterocycles. The molecule has 2 aromatic rings. The fourth-order valence-corrected chi connectivity index (χ4v) is 2.95. The normalized spacial score (nSPS) is 20.2. The van der Waals surface area contributed by atoms with Gasteiger partial charge in [0.25, 0.3) is 5.91 Å². The van der Waals surface area contributed by atoms with E-state index in [1.165, 1.54) is 48.7 Å². The molecule has 4 amide bonds. The first-order chi connectivity index (χ1) is 11.4. The molecule has 7 nitrogen and oxygen atoms in total. The third-order valence-corrected chi connectivity index (χ3v) is 4.37. The van der Waals surface area contributed by atoms with E-state index in [2.05, 4.69) is 15.6 Å². The average Bonchev–Trinajstić information content (AvgIpc) is 3.11. The number of amides is 4. The van der Waals surface area contributed by atoms with Crippen molar-refractivity contribution in [3.63, 3.8) is 0 Å². The minimum absolute atomic E-state index is 0.383. The van der Waals surface area contributed by atoms with Gasteiger partial charge in [0.15, 0.2) is 5.13 Å². The monoisotopic (exact) mass is 348 g/mol. The summed E-state index contributed by atoms with van der Waals surface area (Å²) in [5, 5.41) is 7.13. The van der Waals surface area contributed by atoms with Gasteiger partial charge in [0.1, 0.15) is 17.9 Å². The molecule has 1 fully saturated rings. The van der Waals surface area contributed by atoms with Gasteiger partial charge in [-0.2, -0.15) is 0 Å². The van der Waals surface area contributed by atoms with Crippen LogP contribution >= 0.6 is 11.3 Å². The molecule has 2 N–H and O–H groups in total. The molecule has 1 aromatic heterocycles. The Morgan fingerprint density at radius 2 is 2.08 bits per heavy atom. The van der Waals surface area contributed by atoms with Gasteiger partial charge in [-0.1, -0.05) is 12.1 Å². The molecule has 0 spiro atoms. The highest BCUT2D eigenvalue weighted by molar-refractivity contribution is 7.13. The summed E-state index contributed by atoms with van der Waals surface area (Å²) in [5.74, 6) is -1.55. The lowest BCUT2D eigenvalue weighted by atomic mass is 9.92. The summed E-state index contributed by atoms with van der Waals surface area (Å²) < 4.78 is 13.1. The smallest absolute Gasteiger partial charge is 0.319 e. The Balaban J connectivity index is 1.76. The Morgan fingerprint density at radius 1 is 1.38 bits per heavy atom. The van der Waals surface area contributed by atoms with Gasteiger partial charge < -0.3 is 10.6 Å². The zero-order chi connectivity index (χ0) is 17.3. The number of benzene rings is 1. The third kappa shape index (κ3) is 2.85. The Morgan fingerprint density at radius 3 is 2.71 bits per heavy atom. The molecule has 1 aromatic carbocycles. The number of carbonyl (C=O) groups is 3. The second kappa shape index (κ2) is 6.00. The highest BCUT2D eigenvalue weighted by Gasteiger charge is 2.49. The summed E-state index contributed by atoms with van der Waals surface area (Å²) in [6, 6.07) is 4.58. The van der Waals surface area contributed by atoms with Gasteiger partial charge in [0.05, 0.1) is 0 Å². The van der Waals surface area contributed by atoms with E-state index >= 15 is 0 Å². The Hall–Kier alpha value is -2.81. The highest BCUT2D eigenvalue weighted by Crippen LogP contribution is 2.28. The zero-order valence-corrected chi connectivity index (χ0v) is 13.4. The predicted octanol–water partition coefficient (Wildman–Crippen LogP) is 1.69. The van der Waals surface area contributed by atoms with E-state index in [-0.39, 0.29) is 0 Å². The maximum atomic E-state index is 13.1. The lowest BCUT2D eigenvalue weighted by Gasteiger charge is -2.22. The molecule has 24 heavy (non-hydrogen) atoms. The molecular formula is C15H13FN4O3S. The second-order valence-corrected chi connectivity index (χ2v) is 6.23. The van der Waals surface area contributed by atoms with Crippen molar-refractivity contribution in [3.05, 3.63) is 47.2 Å². The van der Waals surface area contributed by atoms with Gasteiger partial charge in [-0.3, -0.25) is 14.5 Å². The zero-order valence-electron chi connectivity index (χ0n) is 12.6. The highest BCUT2D eigenvalue weighted by atomic mass is 32.1. The first-order valence-corrected chi connectivity index (χ1v) is 7.87. The summed E-state index contributed by atoms with van der Waals surface area (Å²) in [4.78, 5) is 41.4. The topological polar surface area (TPSA) is 91.4 Å². The van der Waals surface area contributed by atoms with Crippen molar-refractivity contribution >= 4 is 34.3 Å². The predicted molar refractivity (Wildman–Crippen MR) is 84.7 cm³/mol. The third-order valence-electron chi connectivity index (χ3n) is 3.68. The number of imide groups is 1. The van der Waals surface area contributed by atoms with Gasteiger partial charge in [0.2, 0.25) is 5.91 Å². The van der Waals surface area contributed by atoms with Gasteiger partial charge >= 0.3 is 6.03 Å². The second-order valence-electron chi connectivity index (χ2n) is 5.34. The van der Waals surface area contributed by atoms with Crippen molar-refractivity contribution in [2.75, 3.05) is 11.9 Å². The van der Waals surface area contributed by atoms with Crippen molar-refractivity contribution < 1.29 is 18.8 Å². The summed E-state index contributed by atoms with van der Waals surface area (Å²) in [6.07, 6.45) is 1.53. The van der Waals surface area contributed by atoms with Crippen LogP contribution in [0.5, 0.6) is 0 Å². The van der Waals surface area contributed by atoms with E-state index < -0.39 is 35.7 Å². The van der Waals surface area contributed by atoms with Gasteiger partial charge in [-0.15, -0.1) is 11.3 Å². The Bertz CT molecular complexity index is 794. The number of hydrogen-bond acceptors (Lipinski definition) is 5. The van der Waals surface area contributed by atoms with E-state index in [1.54, 1.807) is 5.38 Å². The molecule has 1 aliphatic heterocycles. The molecule has 0 radical (unpaired) electrons. The summed E-state index contributed by atoms with van der Waals surface area (Å²) in [5.41, 5.74) is -0.906. The minimum atomic E-state index is -1.34. The van der Waals surface area contributed by atoms with Crippen LogP contribution < -0.4 is 10.6 Å². The average molecular weight is 348 g/mol. The molecule has 1 aliphatic rings. The number of hydrogen-bond donors (Lipinski definition) is 2. The number of aromatic nitrogens is 1. The van der Waals surface area contributed by atoms with E-state index in [9.17, 15) is 18.8 Å². The van der Waals surface area contributed by atoms with E-state index in [4.69, 9.17) is 0 Å². The number of carbonyl (C=O) groups excluding carboxylic acids is 3. The van der Waals surface area contributed by atoms with Crippen molar-refractivity contribution in [3.8, 4) is 0 Å². The van der Waals surface area contributed by atoms with Crippen LogP contribution in [0.4, 0.5) is 14.3 Å². The molecule has 0 aliphatic carbocycles. The summed E-state index contributed by atoms with van der Waals surface area (Å²) in [6.45, 7) is 1.08. The maximum absolute atomic E-state index is 13.1. The van der Waals surface area contributed by atoms with E-state index in [1.807, 2.05) is 0 Å². The molecule has 0 unspecified atom stereocenters. The lowest BCUT2D eigenvalue weighted by Crippen LogP contribution is -2.42. The lowest BCUT2D eigenvalue weighted by molar-refractivity contribution is -0.133. The van der Waals surface area contributed by atoms with Crippen LogP contribution in [0.25, 0.3) is 0 Å². The van der Waals surface area contributed by atoms with Crippen molar-refractivity contribution in [1.82, 2.24) is 15.2 Å². The van der Waals surface area contributed by atoms with E-state index in [0.29, 0.717) is 10.7 Å². The van der Waals surface area contributed by atoms with Crippen molar-refractivity contribution in [1.29, 1.82) is 0 Å². The number of thiazole rings is 1. The SMILES string of the molecule is C[C@@]1(c2ccc(F)cc2)NC(=O)N(CC(=O)Nc2nccs2)C1=O. The molecule has 1 atom stereocenters. The summed E-state index contributed by atoms with van der Waals surface area (Å²) in [7, 11) is 0. The van der Waals surface area contributed by atoms with Crippen LogP contribution in [-0.2, 0) is 15.1 Å². The molecule has 124 valence electrons. The Labute approximate surface area is 140 Å². The maximum Gasteiger partial charge on any atom is 0.325 e. The van der Waals surface area contributed by atoms with Gasteiger partial charge in [-0.25, -0.2) is 14.2 Å². The molecule has 9 heteroatoms. The van der Waals surface area contributed by atoms with Crippen molar-refractivity contribution in [2.45, 2.75) is 12.5 Å². The standard InChI is InChI=1S/C15H13FN4O3S/c1-15(9-2-4-10(16)5-3-9)12(22)20(14(23)19-15)8-11(21)18-13-17-6-7-24-13/h2-7H,8H2,1H3,(H,19,23)(H,17,18,21)/t15-/m0/s1. The molecule has 2 heterocycles. The van der Waals surface area contributed by atoms with Gasteiger partial charge in [-0.05, 0) is 24.6 Å². The van der Waals surface area contributed by atoms with E-state index in [0.717, 1.165) is 4.90 Å². The number of nitrogens with zero attached hydrogens (tertiary/aromatic N) is 2. The summed E-state index contributed by atoms with van der Waals surface area (Å²) >= 11 is 1.23. The minimum Gasteiger partial charge on any atom is -0.319 e. The number of nitrogens with one attached hydrogen (secondary N) is 2. The first-order valence-electron chi connectivity index (χ1n) is 6.99. The largest absolute Gasteiger partial charge is 0.325 e. The van der Waals surface area contributed by atoms with Crippen LogP contribution in [0, 0.1) is 5.82 Å². The number of rotatable bonds is 4. The van der Waals surface area contributed by atoms with Crippen LogP contribution in [0.2, 0.25) is 0 Å². The molecule has 0 bridgehead atoms. The van der Waals surface area contributed by atoms with Crippen LogP contribution in [0.1, 0.15) is 12.5 Å². The van der Waals surface area contributed by atoms with Crippen LogP contribution in [-0.4, -0.2) is 34.3 Å². The van der Waals surface area contributed by atoms with Gasteiger partial charge in [0, 0.05) is 11.6 Å². The molecule has 0 saturated carbocycles. The molecular weight excluding hydrogens is 335 g/mol. The number of anilines is 1. The fourth-order valence-electron chi connectivity index (χ4n) is 2.41. The first kappa shape index (κ1) is 16.1.